The van der Waals surface area contributed by atoms with Crippen molar-refractivity contribution in [2.45, 2.75) is 25.7 Å². The molecule has 0 unspecified atom stereocenters. The maximum atomic E-state index is 13.7. The maximum absolute atomic E-state index is 13.7. The van der Waals surface area contributed by atoms with Gasteiger partial charge in [0.25, 0.3) is 0 Å². The van der Waals surface area contributed by atoms with E-state index in [-0.39, 0.29) is 12.4 Å². The topological polar surface area (TPSA) is 50.1 Å². The van der Waals surface area contributed by atoms with Crippen LogP contribution in [0.1, 0.15) is 12.2 Å². The normalized spacial score (nSPS) is 15.4. The van der Waals surface area contributed by atoms with Crippen molar-refractivity contribution in [3.05, 3.63) is 29.8 Å². The summed E-state index contributed by atoms with van der Waals surface area (Å²) in [7, 11) is 1.90. The van der Waals surface area contributed by atoms with Crippen LogP contribution in [-0.4, -0.2) is 46.5 Å². The van der Waals surface area contributed by atoms with E-state index in [1.807, 2.05) is 11.9 Å². The van der Waals surface area contributed by atoms with E-state index < -0.39 is 18.5 Å². The fourth-order valence-corrected chi connectivity index (χ4v) is 2.78. The van der Waals surface area contributed by atoms with Crippen LogP contribution in [0.2, 0.25) is 0 Å². The highest BCUT2D eigenvalue weighted by molar-refractivity contribution is 5.71. The highest BCUT2D eigenvalue weighted by atomic mass is 19.4. The molecule has 6 nitrogen and oxygen atoms in total. The van der Waals surface area contributed by atoms with Gasteiger partial charge < -0.3 is 9.80 Å². The largest absolute Gasteiger partial charge is 0.408 e. The maximum Gasteiger partial charge on any atom is 0.408 e. The molecule has 0 aliphatic carbocycles. The van der Waals surface area contributed by atoms with Gasteiger partial charge in [0.2, 0.25) is 0 Å². The van der Waals surface area contributed by atoms with Crippen molar-refractivity contribution < 1.29 is 17.6 Å². The third-order valence-corrected chi connectivity index (χ3v) is 3.88. The molecule has 0 bridgehead atoms. The highest BCUT2D eigenvalue weighted by Gasteiger charge is 2.31. The molecule has 3 rings (SSSR count). The van der Waals surface area contributed by atoms with Crippen LogP contribution >= 0.6 is 0 Å². The van der Waals surface area contributed by atoms with Gasteiger partial charge in [-0.3, -0.25) is 0 Å². The summed E-state index contributed by atoms with van der Waals surface area (Å²) >= 11 is 0. The van der Waals surface area contributed by atoms with E-state index in [2.05, 4.69) is 15.5 Å². The summed E-state index contributed by atoms with van der Waals surface area (Å²) in [4.78, 5) is 3.80. The molecule has 0 atom stereocenters. The van der Waals surface area contributed by atoms with E-state index in [0.717, 1.165) is 23.3 Å². The standard InChI is InChI=1S/C14H16F4N6/c1-22-5-2-6-23(12-7-10(15)3-4-11(12)22)8-13-19-20-21-24(13)9-14(16,17)18/h3-4,7H,2,5-6,8-9H2,1H3. The van der Waals surface area contributed by atoms with E-state index >= 15 is 0 Å². The average molecular weight is 344 g/mol. The van der Waals surface area contributed by atoms with Crippen molar-refractivity contribution >= 4 is 11.4 Å². The number of hydrogen-bond acceptors (Lipinski definition) is 5. The molecule has 1 aliphatic rings. The van der Waals surface area contributed by atoms with Crippen LogP contribution < -0.4 is 9.80 Å². The molecule has 0 fully saturated rings. The Labute approximate surface area is 135 Å². The van der Waals surface area contributed by atoms with Crippen molar-refractivity contribution in [3.8, 4) is 0 Å². The lowest BCUT2D eigenvalue weighted by Gasteiger charge is -2.25. The molecule has 24 heavy (non-hydrogen) atoms. The van der Waals surface area contributed by atoms with E-state index in [9.17, 15) is 17.6 Å². The van der Waals surface area contributed by atoms with Crippen LogP contribution in [0.5, 0.6) is 0 Å². The molecule has 10 heteroatoms. The number of halogens is 4. The number of hydrogen-bond donors (Lipinski definition) is 0. The summed E-state index contributed by atoms with van der Waals surface area (Å²) in [6.07, 6.45) is -3.62. The summed E-state index contributed by atoms with van der Waals surface area (Å²) in [5.41, 5.74) is 1.44. The van der Waals surface area contributed by atoms with E-state index in [0.29, 0.717) is 12.2 Å². The van der Waals surface area contributed by atoms with E-state index in [1.165, 1.54) is 12.1 Å². The zero-order valence-corrected chi connectivity index (χ0v) is 13.0. The molecule has 1 aliphatic heterocycles. The lowest BCUT2D eigenvalue weighted by Crippen LogP contribution is -2.28. The summed E-state index contributed by atoms with van der Waals surface area (Å²) in [6, 6.07) is 4.42. The van der Waals surface area contributed by atoms with Gasteiger partial charge in [-0.1, -0.05) is 0 Å². The zero-order chi connectivity index (χ0) is 17.3. The van der Waals surface area contributed by atoms with Crippen molar-refractivity contribution in [2.75, 3.05) is 29.9 Å². The highest BCUT2D eigenvalue weighted by Crippen LogP contribution is 2.33. The number of benzene rings is 1. The fraction of sp³-hybridized carbons (Fsp3) is 0.500. The third-order valence-electron chi connectivity index (χ3n) is 3.88. The van der Waals surface area contributed by atoms with E-state index in [4.69, 9.17) is 0 Å². The molecule has 1 aromatic carbocycles. The van der Waals surface area contributed by atoms with Gasteiger partial charge in [0.15, 0.2) is 5.82 Å². The number of tetrazole rings is 1. The van der Waals surface area contributed by atoms with Gasteiger partial charge in [-0.25, -0.2) is 9.07 Å². The molecule has 0 saturated heterocycles. The Morgan fingerprint density at radius 2 is 1.96 bits per heavy atom. The van der Waals surface area contributed by atoms with E-state index in [1.54, 1.807) is 11.0 Å². The third kappa shape index (κ3) is 3.57. The molecule has 0 amide bonds. The van der Waals surface area contributed by atoms with Gasteiger partial charge >= 0.3 is 6.18 Å². The Hall–Kier alpha value is -2.39. The molecule has 0 radical (unpaired) electrons. The Morgan fingerprint density at radius 3 is 2.71 bits per heavy atom. The van der Waals surface area contributed by atoms with Crippen LogP contribution in [0.3, 0.4) is 0 Å². The predicted octanol–water partition coefficient (Wildman–Crippen LogP) is 2.22. The number of rotatable bonds is 3. The zero-order valence-electron chi connectivity index (χ0n) is 13.0. The molecule has 0 saturated carbocycles. The van der Waals surface area contributed by atoms with Crippen molar-refractivity contribution in [3.63, 3.8) is 0 Å². The van der Waals surface area contributed by atoms with Crippen molar-refractivity contribution in [1.29, 1.82) is 0 Å². The van der Waals surface area contributed by atoms with Crippen molar-refractivity contribution in [1.82, 2.24) is 20.2 Å². The van der Waals surface area contributed by atoms with Gasteiger partial charge in [0, 0.05) is 20.1 Å². The number of aromatic nitrogens is 4. The lowest BCUT2D eigenvalue weighted by molar-refractivity contribution is -0.143. The summed E-state index contributed by atoms with van der Waals surface area (Å²) < 4.78 is 52.2. The summed E-state index contributed by atoms with van der Waals surface area (Å²) in [6.45, 7) is 0.161. The van der Waals surface area contributed by atoms with Crippen LogP contribution in [-0.2, 0) is 13.1 Å². The first kappa shape index (κ1) is 16.5. The average Bonchev–Trinajstić information content (AvgIpc) is 2.84. The summed E-state index contributed by atoms with van der Waals surface area (Å²) in [5.74, 6) is -0.309. The minimum Gasteiger partial charge on any atom is -0.373 e. The molecular formula is C14H16F4N6. The molecule has 1 aromatic heterocycles. The summed E-state index contributed by atoms with van der Waals surface area (Å²) in [5, 5.41) is 10.4. The first-order chi connectivity index (χ1) is 11.3. The number of anilines is 2. The smallest absolute Gasteiger partial charge is 0.373 e. The SMILES string of the molecule is CN1CCCN(Cc2nnnn2CC(F)(F)F)c2cc(F)ccc21. The van der Waals surface area contributed by atoms with Crippen LogP contribution in [0, 0.1) is 5.82 Å². The Morgan fingerprint density at radius 1 is 1.17 bits per heavy atom. The second kappa shape index (κ2) is 6.25. The first-order valence-electron chi connectivity index (χ1n) is 7.41. The molecule has 130 valence electrons. The van der Waals surface area contributed by atoms with Gasteiger partial charge in [-0.15, -0.1) is 5.10 Å². The van der Waals surface area contributed by atoms with Crippen molar-refractivity contribution in [2.24, 2.45) is 0 Å². The predicted molar refractivity (Wildman–Crippen MR) is 79.2 cm³/mol. The van der Waals surface area contributed by atoms with Gasteiger partial charge in [0.1, 0.15) is 12.4 Å². The number of fused-ring (bicyclic) bond motifs is 1. The molecular weight excluding hydrogens is 328 g/mol. The molecule has 0 spiro atoms. The molecule has 0 N–H and O–H groups in total. The van der Waals surface area contributed by atoms with Crippen LogP contribution in [0.15, 0.2) is 18.2 Å². The Balaban J connectivity index is 1.90. The van der Waals surface area contributed by atoms with Gasteiger partial charge in [-0.2, -0.15) is 13.2 Å². The first-order valence-corrected chi connectivity index (χ1v) is 7.41. The second-order valence-electron chi connectivity index (χ2n) is 5.70. The number of alkyl halides is 3. The monoisotopic (exact) mass is 344 g/mol. The molecule has 2 heterocycles. The van der Waals surface area contributed by atoms with Crippen LogP contribution in [0.25, 0.3) is 0 Å². The van der Waals surface area contributed by atoms with Gasteiger partial charge in [0.05, 0.1) is 17.9 Å². The van der Waals surface area contributed by atoms with Crippen LogP contribution in [0.4, 0.5) is 28.9 Å². The lowest BCUT2D eigenvalue weighted by atomic mass is 10.2. The minimum absolute atomic E-state index is 0.0768. The fourth-order valence-electron chi connectivity index (χ4n) is 2.78. The quantitative estimate of drug-likeness (QED) is 0.799. The Bertz CT molecular complexity index is 714. The Kier molecular flexibility index (Phi) is 4.29. The van der Waals surface area contributed by atoms with Gasteiger partial charge in [-0.05, 0) is 35.0 Å². The minimum atomic E-state index is -4.41. The molecule has 2 aromatic rings. The number of nitrogens with zero attached hydrogens (tertiary/aromatic N) is 6. The second-order valence-corrected chi connectivity index (χ2v) is 5.70.